The zero-order valence-electron chi connectivity index (χ0n) is 16.4. The fourth-order valence-electron chi connectivity index (χ4n) is 3.52. The predicted octanol–water partition coefficient (Wildman–Crippen LogP) is 5.19. The molecule has 0 amide bonds. The van der Waals surface area contributed by atoms with Crippen molar-refractivity contribution in [2.75, 3.05) is 5.32 Å². The number of rotatable bonds is 4. The normalized spacial score (nSPS) is 12.8. The molecule has 0 spiro atoms. The number of carbonyl (C=O) groups excluding carboxylic acids is 2. The standard InChI is InChI=1S/C26H17N3O2/c30-21-16-20(27-19-14-8-3-9-15-19)26(31)25-24(21)28-22(17-10-4-1-5-11-17)23(29-25)18-12-6-2-7-13-18/h1-16,27H. The van der Waals surface area contributed by atoms with E-state index in [2.05, 4.69) is 15.3 Å². The van der Waals surface area contributed by atoms with Crippen LogP contribution < -0.4 is 5.32 Å². The molecule has 1 N–H and O–H groups in total. The molecule has 4 aromatic rings. The van der Waals surface area contributed by atoms with Gasteiger partial charge in [-0.25, -0.2) is 9.97 Å². The maximum atomic E-state index is 13.2. The van der Waals surface area contributed by atoms with E-state index >= 15 is 0 Å². The maximum absolute atomic E-state index is 13.2. The SMILES string of the molecule is O=C1C=C(Nc2ccccc2)C(=O)c2nc(-c3ccccc3)c(-c3ccccc3)nc21. The molecule has 0 fully saturated rings. The van der Waals surface area contributed by atoms with Crippen LogP contribution in [0.5, 0.6) is 0 Å². The first-order valence-corrected chi connectivity index (χ1v) is 9.86. The Balaban J connectivity index is 1.66. The van der Waals surface area contributed by atoms with Crippen LogP contribution in [-0.4, -0.2) is 21.5 Å². The fraction of sp³-hybridized carbons (Fsp3) is 0. The highest BCUT2D eigenvalue weighted by Gasteiger charge is 2.31. The minimum absolute atomic E-state index is 0.0597. The highest BCUT2D eigenvalue weighted by molar-refractivity contribution is 6.24. The summed E-state index contributed by atoms with van der Waals surface area (Å²) in [7, 11) is 0. The molecule has 0 aliphatic heterocycles. The second-order valence-corrected chi connectivity index (χ2v) is 7.09. The lowest BCUT2D eigenvalue weighted by Crippen LogP contribution is -2.25. The van der Waals surface area contributed by atoms with Crippen molar-refractivity contribution in [2.45, 2.75) is 0 Å². The quantitative estimate of drug-likeness (QED) is 0.508. The van der Waals surface area contributed by atoms with Crippen LogP contribution in [0.1, 0.15) is 21.0 Å². The molecule has 5 heteroatoms. The van der Waals surface area contributed by atoms with Gasteiger partial charge in [0.1, 0.15) is 11.4 Å². The van der Waals surface area contributed by atoms with Gasteiger partial charge in [-0.05, 0) is 12.1 Å². The van der Waals surface area contributed by atoms with Crippen molar-refractivity contribution in [1.82, 2.24) is 9.97 Å². The van der Waals surface area contributed by atoms with Gasteiger partial charge in [-0.15, -0.1) is 0 Å². The van der Waals surface area contributed by atoms with E-state index in [1.165, 1.54) is 6.08 Å². The molecule has 0 saturated heterocycles. The summed E-state index contributed by atoms with van der Waals surface area (Å²) < 4.78 is 0. The lowest BCUT2D eigenvalue weighted by molar-refractivity contribution is 0.0978. The smallest absolute Gasteiger partial charge is 0.230 e. The molecule has 0 unspecified atom stereocenters. The monoisotopic (exact) mass is 403 g/mol. The number of carbonyl (C=O) groups is 2. The van der Waals surface area contributed by atoms with Crippen molar-refractivity contribution in [1.29, 1.82) is 0 Å². The maximum Gasteiger partial charge on any atom is 0.230 e. The van der Waals surface area contributed by atoms with Crippen LogP contribution in [0.4, 0.5) is 5.69 Å². The summed E-state index contributed by atoms with van der Waals surface area (Å²) in [6.07, 6.45) is 1.29. The van der Waals surface area contributed by atoms with Gasteiger partial charge in [-0.1, -0.05) is 78.9 Å². The van der Waals surface area contributed by atoms with Gasteiger partial charge in [-0.3, -0.25) is 9.59 Å². The number of hydrogen-bond donors (Lipinski definition) is 1. The average Bonchev–Trinajstić information content (AvgIpc) is 2.83. The van der Waals surface area contributed by atoms with E-state index in [4.69, 9.17) is 0 Å². The zero-order valence-corrected chi connectivity index (χ0v) is 16.4. The van der Waals surface area contributed by atoms with Gasteiger partial charge < -0.3 is 5.32 Å². The number of nitrogens with zero attached hydrogens (tertiary/aromatic N) is 2. The zero-order chi connectivity index (χ0) is 21.2. The Labute approximate surface area is 179 Å². The summed E-state index contributed by atoms with van der Waals surface area (Å²) in [6, 6.07) is 28.3. The first-order chi connectivity index (χ1) is 15.2. The third kappa shape index (κ3) is 3.53. The van der Waals surface area contributed by atoms with Crippen molar-refractivity contribution in [2.24, 2.45) is 0 Å². The topological polar surface area (TPSA) is 72.0 Å². The van der Waals surface area contributed by atoms with Gasteiger partial charge in [0.2, 0.25) is 11.6 Å². The number of anilines is 1. The van der Waals surface area contributed by atoms with E-state index in [9.17, 15) is 9.59 Å². The summed E-state index contributed by atoms with van der Waals surface area (Å²) in [5.41, 5.74) is 3.82. The Hall–Kier alpha value is -4.38. The second kappa shape index (κ2) is 7.80. The van der Waals surface area contributed by atoms with E-state index in [0.29, 0.717) is 11.4 Å². The molecule has 1 aliphatic carbocycles. The third-order valence-corrected chi connectivity index (χ3v) is 5.01. The molecule has 0 bridgehead atoms. The van der Waals surface area contributed by atoms with Crippen LogP contribution in [0, 0.1) is 0 Å². The van der Waals surface area contributed by atoms with Crippen LogP contribution in [-0.2, 0) is 0 Å². The Morgan fingerprint density at radius 3 is 1.58 bits per heavy atom. The van der Waals surface area contributed by atoms with Crippen LogP contribution in [0.15, 0.2) is 103 Å². The number of ketones is 2. The number of benzene rings is 3. The Morgan fingerprint density at radius 1 is 0.548 bits per heavy atom. The van der Waals surface area contributed by atoms with Gasteiger partial charge in [0.15, 0.2) is 0 Å². The van der Waals surface area contributed by atoms with Crippen LogP contribution in [0.2, 0.25) is 0 Å². The Kier molecular flexibility index (Phi) is 4.69. The minimum atomic E-state index is -0.359. The van der Waals surface area contributed by atoms with Gasteiger partial charge in [0.25, 0.3) is 0 Å². The molecule has 0 radical (unpaired) electrons. The van der Waals surface area contributed by atoms with Crippen molar-refractivity contribution in [3.63, 3.8) is 0 Å². The molecular weight excluding hydrogens is 386 g/mol. The average molecular weight is 403 g/mol. The van der Waals surface area contributed by atoms with E-state index in [0.717, 1.165) is 16.8 Å². The van der Waals surface area contributed by atoms with Crippen LogP contribution >= 0.6 is 0 Å². The minimum Gasteiger partial charge on any atom is -0.352 e. The van der Waals surface area contributed by atoms with Crippen molar-refractivity contribution < 1.29 is 9.59 Å². The molecule has 1 heterocycles. The molecule has 0 saturated carbocycles. The van der Waals surface area contributed by atoms with Gasteiger partial charge in [0, 0.05) is 22.9 Å². The lowest BCUT2D eigenvalue weighted by Gasteiger charge is -2.18. The molecule has 3 aromatic carbocycles. The summed E-state index contributed by atoms with van der Waals surface area (Å²) in [5, 5.41) is 3.03. The van der Waals surface area contributed by atoms with E-state index in [1.807, 2.05) is 91.0 Å². The van der Waals surface area contributed by atoms with Gasteiger partial charge >= 0.3 is 0 Å². The highest BCUT2D eigenvalue weighted by Crippen LogP contribution is 2.32. The number of hydrogen-bond acceptors (Lipinski definition) is 5. The summed E-state index contributed by atoms with van der Waals surface area (Å²) in [6.45, 7) is 0. The number of fused-ring (bicyclic) bond motifs is 1. The molecular formula is C26H17N3O2. The molecule has 1 aromatic heterocycles. The van der Waals surface area contributed by atoms with Crippen molar-refractivity contribution in [3.8, 4) is 22.5 Å². The number of para-hydroxylation sites is 1. The molecule has 5 nitrogen and oxygen atoms in total. The molecule has 1 aliphatic rings. The fourth-order valence-corrected chi connectivity index (χ4v) is 3.52. The number of aromatic nitrogens is 2. The highest BCUT2D eigenvalue weighted by atomic mass is 16.1. The first-order valence-electron chi connectivity index (χ1n) is 9.86. The number of nitrogens with one attached hydrogen (secondary N) is 1. The van der Waals surface area contributed by atoms with Crippen molar-refractivity contribution in [3.05, 3.63) is 114 Å². The lowest BCUT2D eigenvalue weighted by atomic mass is 9.98. The molecule has 5 rings (SSSR count). The van der Waals surface area contributed by atoms with E-state index in [1.54, 1.807) is 0 Å². The molecule has 148 valence electrons. The van der Waals surface area contributed by atoms with Gasteiger partial charge in [0.05, 0.1) is 17.1 Å². The van der Waals surface area contributed by atoms with E-state index in [-0.39, 0.29) is 28.7 Å². The van der Waals surface area contributed by atoms with Gasteiger partial charge in [-0.2, -0.15) is 0 Å². The summed E-state index contributed by atoms with van der Waals surface area (Å²) in [4.78, 5) is 35.4. The summed E-state index contributed by atoms with van der Waals surface area (Å²) >= 11 is 0. The first kappa shape index (κ1) is 18.6. The Morgan fingerprint density at radius 2 is 1.03 bits per heavy atom. The summed E-state index contributed by atoms with van der Waals surface area (Å²) in [5.74, 6) is -0.708. The van der Waals surface area contributed by atoms with Crippen molar-refractivity contribution >= 4 is 17.3 Å². The Bertz CT molecular complexity index is 1320. The molecule has 31 heavy (non-hydrogen) atoms. The van der Waals surface area contributed by atoms with Crippen LogP contribution in [0.3, 0.4) is 0 Å². The third-order valence-electron chi connectivity index (χ3n) is 5.01. The predicted molar refractivity (Wildman–Crippen MR) is 120 cm³/mol. The number of allylic oxidation sites excluding steroid dienone is 2. The van der Waals surface area contributed by atoms with Crippen LogP contribution in [0.25, 0.3) is 22.5 Å². The second-order valence-electron chi connectivity index (χ2n) is 7.09. The van der Waals surface area contributed by atoms with E-state index < -0.39 is 0 Å². The molecule has 0 atom stereocenters. The number of Topliss-reactive ketones (excluding diaryl/α,β-unsaturated/α-hetero) is 1. The largest absolute Gasteiger partial charge is 0.352 e.